The van der Waals surface area contributed by atoms with Crippen molar-refractivity contribution in [3.05, 3.63) is 35.5 Å². The highest BCUT2D eigenvalue weighted by Crippen LogP contribution is 2.17. The fraction of sp³-hybridized carbons (Fsp3) is 0.267. The van der Waals surface area contributed by atoms with E-state index in [0.717, 1.165) is 5.56 Å². The van der Waals surface area contributed by atoms with Gasteiger partial charge in [-0.1, -0.05) is 19.1 Å². The molecule has 1 heterocycles. The van der Waals surface area contributed by atoms with Crippen molar-refractivity contribution in [3.8, 4) is 5.75 Å². The molecule has 22 heavy (non-hydrogen) atoms. The molecule has 0 atom stereocenters. The lowest BCUT2D eigenvalue weighted by atomic mass is 10.2. The highest BCUT2D eigenvalue weighted by molar-refractivity contribution is 6.13. The molecular formula is C15H17N3O4. The molecule has 7 nitrogen and oxygen atoms in total. The van der Waals surface area contributed by atoms with Gasteiger partial charge in [-0.2, -0.15) is 0 Å². The summed E-state index contributed by atoms with van der Waals surface area (Å²) in [5.41, 5.74) is 5.96. The van der Waals surface area contributed by atoms with Crippen LogP contribution >= 0.6 is 0 Å². The maximum atomic E-state index is 12.1. The Kier molecular flexibility index (Phi) is 4.77. The molecule has 1 aromatic carbocycles. The number of primary amides is 1. The number of urea groups is 1. The minimum atomic E-state index is -0.554. The van der Waals surface area contributed by atoms with Crippen LogP contribution in [0.2, 0.25) is 0 Å². The first kappa shape index (κ1) is 15.6. The smallest absolute Gasteiger partial charge is 0.329 e. The van der Waals surface area contributed by atoms with Crippen LogP contribution in [0.3, 0.4) is 0 Å². The van der Waals surface area contributed by atoms with Crippen LogP contribution in [0.4, 0.5) is 4.79 Å². The van der Waals surface area contributed by atoms with E-state index in [1.165, 1.54) is 4.90 Å². The van der Waals surface area contributed by atoms with E-state index in [-0.39, 0.29) is 18.2 Å². The minimum absolute atomic E-state index is 0.193. The van der Waals surface area contributed by atoms with Crippen LogP contribution in [-0.2, 0) is 9.59 Å². The monoisotopic (exact) mass is 303 g/mol. The second-order valence-electron chi connectivity index (χ2n) is 4.77. The quantitative estimate of drug-likeness (QED) is 0.601. The average molecular weight is 303 g/mol. The Hall–Kier alpha value is -2.83. The number of nitrogens with zero attached hydrogens (tertiary/aromatic N) is 1. The zero-order valence-corrected chi connectivity index (χ0v) is 12.2. The van der Waals surface area contributed by atoms with Gasteiger partial charge in [0.1, 0.15) is 11.4 Å². The molecule has 4 amide bonds. The van der Waals surface area contributed by atoms with Crippen molar-refractivity contribution < 1.29 is 19.1 Å². The van der Waals surface area contributed by atoms with Crippen molar-refractivity contribution in [2.45, 2.75) is 13.3 Å². The summed E-state index contributed by atoms with van der Waals surface area (Å²) < 4.78 is 5.14. The minimum Gasteiger partial charge on any atom is -0.484 e. The number of benzene rings is 1. The lowest BCUT2D eigenvalue weighted by Gasteiger charge is -2.08. The molecule has 2 rings (SSSR count). The molecule has 0 unspecified atom stereocenters. The van der Waals surface area contributed by atoms with Gasteiger partial charge >= 0.3 is 6.03 Å². The molecule has 1 aliphatic heterocycles. The van der Waals surface area contributed by atoms with Crippen molar-refractivity contribution in [2.75, 3.05) is 13.2 Å². The maximum Gasteiger partial charge on any atom is 0.329 e. The van der Waals surface area contributed by atoms with Crippen molar-refractivity contribution in [1.82, 2.24) is 10.2 Å². The van der Waals surface area contributed by atoms with E-state index >= 15 is 0 Å². The zero-order chi connectivity index (χ0) is 16.1. The van der Waals surface area contributed by atoms with Gasteiger partial charge < -0.3 is 15.8 Å². The van der Waals surface area contributed by atoms with Crippen molar-refractivity contribution in [1.29, 1.82) is 0 Å². The van der Waals surface area contributed by atoms with E-state index < -0.39 is 11.9 Å². The van der Waals surface area contributed by atoms with Gasteiger partial charge in [0.25, 0.3) is 11.8 Å². The van der Waals surface area contributed by atoms with E-state index in [1.807, 2.05) is 6.92 Å². The highest BCUT2D eigenvalue weighted by Gasteiger charge is 2.32. The molecular weight excluding hydrogens is 286 g/mol. The molecule has 7 heteroatoms. The Morgan fingerprint density at radius 3 is 2.59 bits per heavy atom. The topological polar surface area (TPSA) is 102 Å². The predicted molar refractivity (Wildman–Crippen MR) is 79.6 cm³/mol. The normalized spacial score (nSPS) is 16.0. The largest absolute Gasteiger partial charge is 0.484 e. The molecule has 1 fully saturated rings. The Balaban J connectivity index is 2.08. The highest BCUT2D eigenvalue weighted by atomic mass is 16.5. The lowest BCUT2D eigenvalue weighted by molar-refractivity contribution is -0.123. The van der Waals surface area contributed by atoms with Gasteiger partial charge in [0.2, 0.25) is 0 Å². The number of ether oxygens (including phenoxy) is 1. The van der Waals surface area contributed by atoms with Gasteiger partial charge in [-0.15, -0.1) is 0 Å². The van der Waals surface area contributed by atoms with E-state index in [2.05, 4.69) is 5.32 Å². The first-order valence-electron chi connectivity index (χ1n) is 6.87. The number of carbonyl (C=O) groups is 3. The lowest BCUT2D eigenvalue weighted by Crippen LogP contribution is -2.31. The summed E-state index contributed by atoms with van der Waals surface area (Å²) in [4.78, 5) is 35.5. The first-order chi connectivity index (χ1) is 10.5. The van der Waals surface area contributed by atoms with Gasteiger partial charge in [0.05, 0.1) is 0 Å². The summed E-state index contributed by atoms with van der Waals surface area (Å²) in [5, 5.41) is 2.55. The summed E-state index contributed by atoms with van der Waals surface area (Å²) in [6.45, 7) is 2.09. The Morgan fingerprint density at radius 2 is 2.00 bits per heavy atom. The van der Waals surface area contributed by atoms with E-state index in [1.54, 1.807) is 30.3 Å². The number of rotatable bonds is 6. The SMILES string of the molecule is CCCN1C(=O)N/C(=C/c2ccc(OCC(N)=O)cc2)C1=O. The molecule has 0 aliphatic carbocycles. The Morgan fingerprint density at radius 1 is 1.32 bits per heavy atom. The van der Waals surface area contributed by atoms with Gasteiger partial charge in [-0.05, 0) is 30.2 Å². The summed E-state index contributed by atoms with van der Waals surface area (Å²) in [6.07, 6.45) is 2.30. The van der Waals surface area contributed by atoms with Gasteiger partial charge in [0, 0.05) is 6.54 Å². The summed E-state index contributed by atoms with van der Waals surface area (Å²) in [7, 11) is 0. The molecule has 3 N–H and O–H groups in total. The molecule has 1 saturated heterocycles. The van der Waals surface area contributed by atoms with E-state index in [9.17, 15) is 14.4 Å². The second kappa shape index (κ2) is 6.75. The van der Waals surface area contributed by atoms with Crippen LogP contribution in [0.1, 0.15) is 18.9 Å². The van der Waals surface area contributed by atoms with Crippen molar-refractivity contribution in [2.24, 2.45) is 5.73 Å². The van der Waals surface area contributed by atoms with Crippen LogP contribution in [0.5, 0.6) is 5.75 Å². The predicted octanol–water partition coefficient (Wildman–Crippen LogP) is 0.853. The molecule has 1 aromatic rings. The van der Waals surface area contributed by atoms with Gasteiger partial charge in [-0.25, -0.2) is 4.79 Å². The molecule has 0 spiro atoms. The summed E-state index contributed by atoms with van der Waals surface area (Å²) >= 11 is 0. The van der Waals surface area contributed by atoms with Crippen molar-refractivity contribution >= 4 is 23.9 Å². The number of amides is 4. The zero-order valence-electron chi connectivity index (χ0n) is 12.2. The van der Waals surface area contributed by atoms with Crippen LogP contribution in [0.25, 0.3) is 6.08 Å². The standard InChI is InChI=1S/C15H17N3O4/c1-2-7-18-14(20)12(17-15(18)21)8-10-3-5-11(6-4-10)22-9-13(16)19/h3-6,8H,2,7,9H2,1H3,(H2,16,19)(H,17,21)/b12-8+. The van der Waals surface area contributed by atoms with Crippen LogP contribution < -0.4 is 15.8 Å². The van der Waals surface area contributed by atoms with Crippen LogP contribution in [-0.4, -0.2) is 35.9 Å². The summed E-state index contributed by atoms with van der Waals surface area (Å²) in [6, 6.07) is 6.33. The fourth-order valence-electron chi connectivity index (χ4n) is 1.98. The van der Waals surface area contributed by atoms with E-state index in [0.29, 0.717) is 18.7 Å². The molecule has 116 valence electrons. The van der Waals surface area contributed by atoms with Gasteiger partial charge in [0.15, 0.2) is 6.61 Å². The first-order valence-corrected chi connectivity index (χ1v) is 6.87. The Labute approximate surface area is 127 Å². The number of carbonyl (C=O) groups excluding carboxylic acids is 3. The Bertz CT molecular complexity index is 622. The fourth-order valence-corrected chi connectivity index (χ4v) is 1.98. The maximum absolute atomic E-state index is 12.1. The third-order valence-electron chi connectivity index (χ3n) is 2.98. The molecule has 1 aliphatic rings. The number of imide groups is 1. The van der Waals surface area contributed by atoms with Crippen LogP contribution in [0, 0.1) is 0 Å². The number of nitrogens with one attached hydrogen (secondary N) is 1. The van der Waals surface area contributed by atoms with Gasteiger partial charge in [-0.3, -0.25) is 14.5 Å². The number of hydrogen-bond acceptors (Lipinski definition) is 4. The molecule has 0 bridgehead atoms. The third-order valence-corrected chi connectivity index (χ3v) is 2.98. The number of hydrogen-bond donors (Lipinski definition) is 2. The van der Waals surface area contributed by atoms with E-state index in [4.69, 9.17) is 10.5 Å². The average Bonchev–Trinajstić information content (AvgIpc) is 2.74. The molecule has 0 saturated carbocycles. The summed E-state index contributed by atoms with van der Waals surface area (Å²) in [5.74, 6) is -0.391. The molecule has 0 radical (unpaired) electrons. The number of nitrogens with two attached hydrogens (primary N) is 1. The molecule has 0 aromatic heterocycles. The third kappa shape index (κ3) is 3.63. The van der Waals surface area contributed by atoms with Crippen LogP contribution in [0.15, 0.2) is 30.0 Å². The van der Waals surface area contributed by atoms with Crippen molar-refractivity contribution in [3.63, 3.8) is 0 Å². The second-order valence-corrected chi connectivity index (χ2v) is 4.77.